The van der Waals surface area contributed by atoms with Crippen molar-refractivity contribution in [2.45, 2.75) is 17.1 Å². The van der Waals surface area contributed by atoms with E-state index in [9.17, 15) is 13.2 Å². The summed E-state index contributed by atoms with van der Waals surface area (Å²) in [5.74, 6) is 0. The van der Waals surface area contributed by atoms with Crippen LogP contribution >= 0.6 is 22.9 Å². The van der Waals surface area contributed by atoms with Crippen LogP contribution in [0, 0.1) is 0 Å². The molecule has 0 unspecified atom stereocenters. The van der Waals surface area contributed by atoms with E-state index in [4.69, 9.17) is 11.6 Å². The number of amides is 2. The fraction of sp³-hybridized carbons (Fsp3) is 0.188. The molecule has 0 radical (unpaired) electrons. The predicted molar refractivity (Wildman–Crippen MR) is 98.9 cm³/mol. The van der Waals surface area contributed by atoms with Crippen molar-refractivity contribution < 1.29 is 13.2 Å². The number of thiophene rings is 1. The number of benzene rings is 1. The number of urea groups is 1. The van der Waals surface area contributed by atoms with Crippen molar-refractivity contribution in [3.8, 4) is 0 Å². The monoisotopic (exact) mass is 382 g/mol. The Morgan fingerprint density at radius 2 is 2.00 bits per heavy atom. The molecule has 1 heterocycles. The van der Waals surface area contributed by atoms with E-state index in [0.29, 0.717) is 27.7 Å². The standard InChI is InChI=1S/C16H15ClN2O3S2/c1-24(21,22)15-11-7-3-2-6-10(11)14(23-15)19-16(20)18-13-9-5-4-8-12(13)17/h3-5,7-9H,2,6H2,1H3,(H2,18,19,20). The molecule has 0 spiro atoms. The van der Waals surface area contributed by atoms with Gasteiger partial charge in [-0.3, -0.25) is 5.32 Å². The van der Waals surface area contributed by atoms with Gasteiger partial charge in [-0.2, -0.15) is 0 Å². The van der Waals surface area contributed by atoms with Gasteiger partial charge in [-0.05, 0) is 30.5 Å². The summed E-state index contributed by atoms with van der Waals surface area (Å²) in [5.41, 5.74) is 2.03. The number of hydrogen-bond acceptors (Lipinski definition) is 4. The molecule has 2 N–H and O–H groups in total. The van der Waals surface area contributed by atoms with E-state index in [2.05, 4.69) is 10.6 Å². The fourth-order valence-corrected chi connectivity index (χ4v) is 5.09. The smallest absolute Gasteiger partial charge is 0.306 e. The number of rotatable bonds is 3. The zero-order valence-electron chi connectivity index (χ0n) is 12.8. The quantitative estimate of drug-likeness (QED) is 0.825. The van der Waals surface area contributed by atoms with E-state index >= 15 is 0 Å². The van der Waals surface area contributed by atoms with Crippen molar-refractivity contribution in [2.75, 3.05) is 16.9 Å². The molecule has 0 atom stereocenters. The number of para-hydroxylation sites is 1. The number of hydrogen-bond donors (Lipinski definition) is 2. The van der Waals surface area contributed by atoms with Gasteiger partial charge in [-0.15, -0.1) is 11.3 Å². The molecule has 1 aliphatic rings. The first-order valence-corrected chi connectivity index (χ1v) is 10.3. The van der Waals surface area contributed by atoms with Crippen LogP contribution in [0.3, 0.4) is 0 Å². The van der Waals surface area contributed by atoms with Crippen molar-refractivity contribution >= 4 is 55.6 Å². The van der Waals surface area contributed by atoms with Crippen LogP contribution in [0.4, 0.5) is 15.5 Å². The molecule has 8 heteroatoms. The van der Waals surface area contributed by atoms with Gasteiger partial charge < -0.3 is 5.32 Å². The van der Waals surface area contributed by atoms with Crippen molar-refractivity contribution in [3.63, 3.8) is 0 Å². The predicted octanol–water partition coefficient (Wildman–Crippen LogP) is 4.41. The summed E-state index contributed by atoms with van der Waals surface area (Å²) < 4.78 is 24.2. The van der Waals surface area contributed by atoms with Gasteiger partial charge in [0, 0.05) is 11.8 Å². The van der Waals surface area contributed by atoms with E-state index in [1.54, 1.807) is 24.3 Å². The van der Waals surface area contributed by atoms with Gasteiger partial charge in [0.2, 0.25) is 0 Å². The maximum atomic E-state index is 12.2. The molecular formula is C16H15ClN2O3S2. The Kier molecular flexibility index (Phi) is 4.67. The summed E-state index contributed by atoms with van der Waals surface area (Å²) in [7, 11) is -3.35. The average Bonchev–Trinajstić information content (AvgIpc) is 2.89. The lowest BCUT2D eigenvalue weighted by atomic mass is 10.0. The molecule has 3 rings (SSSR count). The Labute approximate surface area is 149 Å². The highest BCUT2D eigenvalue weighted by molar-refractivity contribution is 7.93. The minimum Gasteiger partial charge on any atom is -0.306 e. The Balaban J connectivity index is 1.88. The molecule has 0 aliphatic heterocycles. The Hall–Kier alpha value is -1.83. The molecule has 2 amide bonds. The van der Waals surface area contributed by atoms with Crippen LogP contribution in [0.1, 0.15) is 17.5 Å². The molecule has 1 aliphatic carbocycles. The lowest BCUT2D eigenvalue weighted by Gasteiger charge is -2.11. The topological polar surface area (TPSA) is 75.3 Å². The molecule has 2 aromatic rings. The van der Waals surface area contributed by atoms with E-state index in [1.807, 2.05) is 12.2 Å². The highest BCUT2D eigenvalue weighted by Crippen LogP contribution is 2.40. The maximum absolute atomic E-state index is 12.2. The molecular weight excluding hydrogens is 368 g/mol. The SMILES string of the molecule is CS(=O)(=O)c1sc(NC(=O)Nc2ccccc2Cl)c2c1C=CCC2. The van der Waals surface area contributed by atoms with E-state index in [0.717, 1.165) is 23.3 Å². The van der Waals surface area contributed by atoms with Crippen LogP contribution in [0.2, 0.25) is 5.02 Å². The molecule has 0 saturated carbocycles. The fourth-order valence-electron chi connectivity index (χ4n) is 2.50. The number of fused-ring (bicyclic) bond motifs is 1. The number of sulfone groups is 1. The van der Waals surface area contributed by atoms with Gasteiger partial charge in [-0.25, -0.2) is 13.2 Å². The minimum atomic E-state index is -3.35. The van der Waals surface area contributed by atoms with Gasteiger partial charge >= 0.3 is 6.03 Å². The summed E-state index contributed by atoms with van der Waals surface area (Å²) in [6.45, 7) is 0. The molecule has 0 bridgehead atoms. The first-order valence-electron chi connectivity index (χ1n) is 7.21. The number of halogens is 1. The Morgan fingerprint density at radius 1 is 1.25 bits per heavy atom. The second-order valence-electron chi connectivity index (χ2n) is 5.38. The summed E-state index contributed by atoms with van der Waals surface area (Å²) >= 11 is 7.10. The van der Waals surface area contributed by atoms with E-state index in [-0.39, 0.29) is 4.21 Å². The summed E-state index contributed by atoms with van der Waals surface area (Å²) in [4.78, 5) is 12.2. The highest BCUT2D eigenvalue weighted by Gasteiger charge is 2.25. The molecule has 0 saturated heterocycles. The van der Waals surface area contributed by atoms with Crippen LogP contribution in [0.15, 0.2) is 34.6 Å². The molecule has 126 valence electrons. The number of allylic oxidation sites excluding steroid dienone is 1. The second-order valence-corrected chi connectivity index (χ2v) is 9.02. The first-order chi connectivity index (χ1) is 11.4. The van der Waals surface area contributed by atoms with Crippen molar-refractivity contribution in [1.29, 1.82) is 0 Å². The lowest BCUT2D eigenvalue weighted by molar-refractivity contribution is 0.262. The van der Waals surface area contributed by atoms with E-state index in [1.165, 1.54) is 6.26 Å². The van der Waals surface area contributed by atoms with Crippen LogP contribution in [-0.4, -0.2) is 20.7 Å². The summed E-state index contributed by atoms with van der Waals surface area (Å²) in [6, 6.07) is 6.45. The zero-order valence-corrected chi connectivity index (χ0v) is 15.2. The molecule has 24 heavy (non-hydrogen) atoms. The van der Waals surface area contributed by atoms with Crippen molar-refractivity contribution in [3.05, 3.63) is 46.5 Å². The highest BCUT2D eigenvalue weighted by atomic mass is 35.5. The Morgan fingerprint density at radius 3 is 2.71 bits per heavy atom. The van der Waals surface area contributed by atoms with Gasteiger partial charge in [0.1, 0.15) is 9.21 Å². The number of anilines is 2. The number of nitrogens with one attached hydrogen (secondary N) is 2. The van der Waals surface area contributed by atoms with Gasteiger partial charge in [0.05, 0.1) is 10.7 Å². The van der Waals surface area contributed by atoms with Crippen LogP contribution in [0.5, 0.6) is 0 Å². The number of carbonyl (C=O) groups is 1. The third-order valence-corrected chi connectivity index (χ3v) is 6.88. The molecule has 1 aromatic carbocycles. The molecule has 0 fully saturated rings. The first kappa shape index (κ1) is 17.0. The van der Waals surface area contributed by atoms with Crippen molar-refractivity contribution in [2.24, 2.45) is 0 Å². The normalized spacial score (nSPS) is 13.4. The van der Waals surface area contributed by atoms with Crippen LogP contribution in [0.25, 0.3) is 6.08 Å². The zero-order chi connectivity index (χ0) is 17.3. The molecule has 1 aromatic heterocycles. The van der Waals surface area contributed by atoms with Gasteiger partial charge in [0.25, 0.3) is 0 Å². The van der Waals surface area contributed by atoms with Crippen LogP contribution in [-0.2, 0) is 16.3 Å². The van der Waals surface area contributed by atoms with E-state index < -0.39 is 15.9 Å². The second kappa shape index (κ2) is 6.58. The van der Waals surface area contributed by atoms with Gasteiger partial charge in [0.15, 0.2) is 9.84 Å². The van der Waals surface area contributed by atoms with Crippen LogP contribution < -0.4 is 10.6 Å². The third-order valence-electron chi connectivity index (χ3n) is 3.55. The lowest BCUT2D eigenvalue weighted by Crippen LogP contribution is -2.19. The average molecular weight is 383 g/mol. The Bertz CT molecular complexity index is 933. The third kappa shape index (κ3) is 3.48. The number of carbonyl (C=O) groups excluding carboxylic acids is 1. The van der Waals surface area contributed by atoms with Crippen molar-refractivity contribution in [1.82, 2.24) is 0 Å². The maximum Gasteiger partial charge on any atom is 0.324 e. The van der Waals surface area contributed by atoms with Gasteiger partial charge in [-0.1, -0.05) is 35.9 Å². The minimum absolute atomic E-state index is 0.279. The molecule has 5 nitrogen and oxygen atoms in total. The summed E-state index contributed by atoms with van der Waals surface area (Å²) in [5, 5.41) is 6.41. The summed E-state index contributed by atoms with van der Waals surface area (Å²) in [6.07, 6.45) is 6.43. The largest absolute Gasteiger partial charge is 0.324 e.